The quantitative estimate of drug-likeness (QED) is 0.649. The molecular weight excluding hydrogens is 138 g/mol. The van der Waals surface area contributed by atoms with Gasteiger partial charge in [0.25, 0.3) is 0 Å². The smallest absolute Gasteiger partial charge is 0.0558 e. The lowest BCUT2D eigenvalue weighted by molar-refractivity contribution is 0.200. The Balaban J connectivity index is 1.87. The minimum absolute atomic E-state index is 0.326. The molecule has 1 aliphatic carbocycles. The first-order chi connectivity index (χ1) is 5.30. The van der Waals surface area contributed by atoms with Crippen LogP contribution in [-0.2, 0) is 0 Å². The summed E-state index contributed by atoms with van der Waals surface area (Å²) >= 11 is 0. The third-order valence-corrected chi connectivity index (χ3v) is 3.50. The summed E-state index contributed by atoms with van der Waals surface area (Å²) in [5, 5.41) is 8.74. The van der Waals surface area contributed by atoms with E-state index in [4.69, 9.17) is 5.11 Å². The van der Waals surface area contributed by atoms with Gasteiger partial charge in [-0.15, -0.1) is 0 Å². The van der Waals surface area contributed by atoms with Gasteiger partial charge < -0.3 is 10.0 Å². The minimum Gasteiger partial charge on any atom is -0.395 e. The first-order valence-electron chi connectivity index (χ1n) is 4.64. The van der Waals surface area contributed by atoms with Crippen LogP contribution in [0.2, 0.25) is 0 Å². The van der Waals surface area contributed by atoms with Crippen LogP contribution in [0.25, 0.3) is 0 Å². The number of aliphatic hydroxyl groups is 1. The van der Waals surface area contributed by atoms with Gasteiger partial charge in [0, 0.05) is 19.6 Å². The molecule has 2 heteroatoms. The van der Waals surface area contributed by atoms with Crippen molar-refractivity contribution in [3.05, 3.63) is 0 Å². The van der Waals surface area contributed by atoms with Gasteiger partial charge >= 0.3 is 0 Å². The molecule has 0 aromatic carbocycles. The number of piperidine rings is 1. The molecule has 0 spiro atoms. The number of nitrogens with zero attached hydrogens (tertiary/aromatic N) is 1. The maximum absolute atomic E-state index is 8.74. The largest absolute Gasteiger partial charge is 0.395 e. The molecule has 1 heterocycles. The van der Waals surface area contributed by atoms with Gasteiger partial charge in [0.1, 0.15) is 0 Å². The lowest BCUT2D eigenvalue weighted by Gasteiger charge is -2.18. The van der Waals surface area contributed by atoms with Crippen molar-refractivity contribution >= 4 is 0 Å². The van der Waals surface area contributed by atoms with E-state index >= 15 is 0 Å². The molecule has 0 bridgehead atoms. The number of fused-ring (bicyclic) bond motifs is 1. The van der Waals surface area contributed by atoms with Crippen molar-refractivity contribution in [2.45, 2.75) is 19.8 Å². The third-order valence-electron chi connectivity index (χ3n) is 3.50. The van der Waals surface area contributed by atoms with Gasteiger partial charge in [0.2, 0.25) is 0 Å². The van der Waals surface area contributed by atoms with Crippen LogP contribution in [0.5, 0.6) is 0 Å². The molecule has 0 amide bonds. The highest BCUT2D eigenvalue weighted by molar-refractivity contribution is 5.09. The molecule has 2 fully saturated rings. The van der Waals surface area contributed by atoms with E-state index in [-0.39, 0.29) is 0 Å². The predicted molar refractivity (Wildman–Crippen MR) is 44.4 cm³/mol. The summed E-state index contributed by atoms with van der Waals surface area (Å²) in [5.41, 5.74) is 0.690. The van der Waals surface area contributed by atoms with E-state index in [2.05, 4.69) is 11.8 Å². The normalized spacial score (nSPS) is 42.5. The van der Waals surface area contributed by atoms with E-state index in [0.29, 0.717) is 12.0 Å². The maximum Gasteiger partial charge on any atom is 0.0558 e. The highest BCUT2D eigenvalue weighted by Gasteiger charge is 2.57. The molecule has 1 saturated carbocycles. The summed E-state index contributed by atoms with van der Waals surface area (Å²) in [6.07, 6.45) is 2.78. The molecule has 2 atom stereocenters. The number of hydrogen-bond acceptors (Lipinski definition) is 2. The fraction of sp³-hybridized carbons (Fsp3) is 1.00. The Hall–Kier alpha value is -0.0800. The summed E-state index contributed by atoms with van der Waals surface area (Å²) in [6, 6.07) is 0. The Bertz CT molecular complexity index is 156. The van der Waals surface area contributed by atoms with E-state index in [0.717, 1.165) is 12.5 Å². The van der Waals surface area contributed by atoms with Crippen molar-refractivity contribution < 1.29 is 5.11 Å². The molecule has 0 radical (unpaired) electrons. The molecule has 2 nitrogen and oxygen atoms in total. The summed E-state index contributed by atoms with van der Waals surface area (Å²) in [6.45, 7) is 6.00. The van der Waals surface area contributed by atoms with E-state index in [1.165, 1.54) is 25.9 Å². The molecule has 1 N–H and O–H groups in total. The van der Waals surface area contributed by atoms with Gasteiger partial charge in [-0.3, -0.25) is 0 Å². The number of aliphatic hydroxyl groups excluding tert-OH is 1. The van der Waals surface area contributed by atoms with Crippen molar-refractivity contribution in [1.29, 1.82) is 0 Å². The van der Waals surface area contributed by atoms with Gasteiger partial charge in [-0.25, -0.2) is 0 Å². The number of β-amino-alcohol motifs (C(OH)–C–C–N with tert-alkyl or cyclic N) is 1. The summed E-state index contributed by atoms with van der Waals surface area (Å²) in [4.78, 5) is 2.40. The van der Waals surface area contributed by atoms with Gasteiger partial charge in [-0.1, -0.05) is 6.92 Å². The van der Waals surface area contributed by atoms with Crippen LogP contribution >= 0.6 is 0 Å². The molecule has 2 rings (SSSR count). The van der Waals surface area contributed by atoms with E-state index in [1.54, 1.807) is 0 Å². The SMILES string of the molecule is CCC12CC1CN(CCO)C2. The fourth-order valence-corrected chi connectivity index (χ4v) is 2.56. The van der Waals surface area contributed by atoms with Crippen molar-refractivity contribution in [2.75, 3.05) is 26.2 Å². The number of hydrogen-bond donors (Lipinski definition) is 1. The molecule has 0 aromatic rings. The standard InChI is InChI=1S/C9H17NO/c1-2-9-5-8(9)6-10(7-9)3-4-11/h8,11H,2-7H2,1H3. The highest BCUT2D eigenvalue weighted by atomic mass is 16.3. The summed E-state index contributed by atoms with van der Waals surface area (Å²) in [5.74, 6) is 0.971. The van der Waals surface area contributed by atoms with Crippen LogP contribution in [0.1, 0.15) is 19.8 Å². The van der Waals surface area contributed by atoms with Crippen LogP contribution in [0.3, 0.4) is 0 Å². The Labute approximate surface area is 68.2 Å². The van der Waals surface area contributed by atoms with Gasteiger partial charge in [-0.05, 0) is 24.2 Å². The second-order valence-corrected chi connectivity index (χ2v) is 4.08. The molecule has 64 valence electrons. The van der Waals surface area contributed by atoms with Gasteiger partial charge in [-0.2, -0.15) is 0 Å². The number of likely N-dealkylation sites (tertiary alicyclic amines) is 1. The Kier molecular flexibility index (Phi) is 1.69. The maximum atomic E-state index is 8.74. The lowest BCUT2D eigenvalue weighted by Crippen LogP contribution is -2.27. The van der Waals surface area contributed by atoms with Crippen molar-refractivity contribution in [1.82, 2.24) is 4.90 Å². The molecule has 11 heavy (non-hydrogen) atoms. The zero-order chi connectivity index (χ0) is 7.90. The molecular formula is C9H17NO. The zero-order valence-electron chi connectivity index (χ0n) is 7.21. The Morgan fingerprint density at radius 2 is 2.45 bits per heavy atom. The first-order valence-corrected chi connectivity index (χ1v) is 4.64. The highest BCUT2D eigenvalue weighted by Crippen LogP contribution is 2.59. The van der Waals surface area contributed by atoms with Crippen LogP contribution in [-0.4, -0.2) is 36.2 Å². The second-order valence-electron chi connectivity index (χ2n) is 4.08. The Morgan fingerprint density at radius 1 is 1.64 bits per heavy atom. The Morgan fingerprint density at radius 3 is 3.00 bits per heavy atom. The summed E-state index contributed by atoms with van der Waals surface area (Å²) in [7, 11) is 0. The first kappa shape index (κ1) is 7.56. The zero-order valence-corrected chi connectivity index (χ0v) is 7.21. The average molecular weight is 155 g/mol. The average Bonchev–Trinajstić information content (AvgIpc) is 2.57. The van der Waals surface area contributed by atoms with Gasteiger partial charge in [0.15, 0.2) is 0 Å². The van der Waals surface area contributed by atoms with Crippen LogP contribution in [0.15, 0.2) is 0 Å². The monoisotopic (exact) mass is 155 g/mol. The topological polar surface area (TPSA) is 23.5 Å². The summed E-state index contributed by atoms with van der Waals surface area (Å²) < 4.78 is 0. The predicted octanol–water partition coefficient (Wildman–Crippen LogP) is 0.711. The fourth-order valence-electron chi connectivity index (χ4n) is 2.56. The van der Waals surface area contributed by atoms with Crippen LogP contribution < -0.4 is 0 Å². The van der Waals surface area contributed by atoms with Crippen LogP contribution in [0, 0.1) is 11.3 Å². The lowest BCUT2D eigenvalue weighted by atomic mass is 10.0. The molecule has 1 aliphatic heterocycles. The van der Waals surface area contributed by atoms with E-state index in [1.807, 2.05) is 0 Å². The van der Waals surface area contributed by atoms with E-state index < -0.39 is 0 Å². The molecule has 2 unspecified atom stereocenters. The minimum atomic E-state index is 0.326. The second kappa shape index (κ2) is 2.46. The molecule has 0 aromatic heterocycles. The molecule has 2 aliphatic rings. The van der Waals surface area contributed by atoms with Crippen molar-refractivity contribution in [3.8, 4) is 0 Å². The van der Waals surface area contributed by atoms with Crippen molar-refractivity contribution in [3.63, 3.8) is 0 Å². The van der Waals surface area contributed by atoms with Gasteiger partial charge in [0.05, 0.1) is 6.61 Å². The van der Waals surface area contributed by atoms with Crippen LogP contribution in [0.4, 0.5) is 0 Å². The number of rotatable bonds is 3. The third kappa shape index (κ3) is 1.09. The van der Waals surface area contributed by atoms with E-state index in [9.17, 15) is 0 Å². The molecule has 1 saturated heterocycles. The van der Waals surface area contributed by atoms with Crippen molar-refractivity contribution in [2.24, 2.45) is 11.3 Å².